The maximum absolute atomic E-state index is 6.02. The summed E-state index contributed by atoms with van der Waals surface area (Å²) in [5.74, 6) is 0.885. The average Bonchev–Trinajstić information content (AvgIpc) is 2.35. The third-order valence-corrected chi connectivity index (χ3v) is 3.73. The summed E-state index contributed by atoms with van der Waals surface area (Å²) >= 11 is 17.7. The van der Waals surface area contributed by atoms with E-state index in [0.29, 0.717) is 15.8 Å². The highest BCUT2D eigenvalue weighted by atomic mass is 35.5. The van der Waals surface area contributed by atoms with Gasteiger partial charge in [-0.25, -0.2) is 0 Å². The maximum Gasteiger partial charge on any atom is 0.239 e. The van der Waals surface area contributed by atoms with E-state index in [-0.39, 0.29) is 16.4 Å². The normalized spacial score (nSPS) is 11.5. The molecule has 5 heteroatoms. The molecule has 1 aromatic heterocycles. The molecule has 0 amide bonds. The van der Waals surface area contributed by atoms with Crippen molar-refractivity contribution in [2.45, 2.75) is 26.2 Å². The fourth-order valence-electron chi connectivity index (χ4n) is 1.63. The molecule has 0 aliphatic carbocycles. The van der Waals surface area contributed by atoms with Crippen molar-refractivity contribution in [2.75, 3.05) is 0 Å². The van der Waals surface area contributed by atoms with Gasteiger partial charge in [-0.15, -0.1) is 0 Å². The molecule has 0 radical (unpaired) electrons. The Morgan fingerprint density at radius 2 is 1.55 bits per heavy atom. The molecule has 0 bridgehead atoms. The van der Waals surface area contributed by atoms with Crippen LogP contribution in [0, 0.1) is 0 Å². The molecule has 0 aliphatic rings. The van der Waals surface area contributed by atoms with Crippen LogP contribution in [0.5, 0.6) is 11.6 Å². The van der Waals surface area contributed by atoms with Crippen molar-refractivity contribution in [3.8, 4) is 11.6 Å². The van der Waals surface area contributed by atoms with E-state index < -0.39 is 0 Å². The smallest absolute Gasteiger partial charge is 0.239 e. The second kappa shape index (κ2) is 5.80. The van der Waals surface area contributed by atoms with Gasteiger partial charge in [-0.05, 0) is 29.2 Å². The third kappa shape index (κ3) is 3.57. The van der Waals surface area contributed by atoms with Gasteiger partial charge in [-0.3, -0.25) is 0 Å². The van der Waals surface area contributed by atoms with E-state index in [9.17, 15) is 0 Å². The highest BCUT2D eigenvalue weighted by molar-refractivity contribution is 6.42. The molecule has 0 unspecified atom stereocenters. The zero-order valence-corrected chi connectivity index (χ0v) is 13.6. The topological polar surface area (TPSA) is 22.1 Å². The van der Waals surface area contributed by atoms with Crippen LogP contribution < -0.4 is 4.74 Å². The Morgan fingerprint density at radius 1 is 0.950 bits per heavy atom. The van der Waals surface area contributed by atoms with Gasteiger partial charge in [0.15, 0.2) is 5.15 Å². The van der Waals surface area contributed by atoms with Gasteiger partial charge >= 0.3 is 0 Å². The SMILES string of the molecule is CC(C)(C)c1ccc(Oc2nc(Cl)c(Cl)cc2Cl)cc1. The average molecular weight is 331 g/mol. The van der Waals surface area contributed by atoms with Crippen LogP contribution >= 0.6 is 34.8 Å². The molecule has 0 spiro atoms. The number of hydrogen-bond donors (Lipinski definition) is 0. The first kappa shape index (κ1) is 15.4. The van der Waals surface area contributed by atoms with E-state index in [4.69, 9.17) is 39.5 Å². The Labute approximate surface area is 133 Å². The zero-order chi connectivity index (χ0) is 14.9. The van der Waals surface area contributed by atoms with Crippen LogP contribution in [0.3, 0.4) is 0 Å². The molecule has 2 nitrogen and oxygen atoms in total. The lowest BCUT2D eigenvalue weighted by Crippen LogP contribution is -2.10. The Morgan fingerprint density at radius 3 is 2.10 bits per heavy atom. The number of benzene rings is 1. The van der Waals surface area contributed by atoms with Crippen LogP contribution in [-0.2, 0) is 5.41 Å². The number of pyridine rings is 1. The lowest BCUT2D eigenvalue weighted by atomic mass is 9.87. The van der Waals surface area contributed by atoms with Crippen LogP contribution in [0.15, 0.2) is 30.3 Å². The van der Waals surface area contributed by atoms with Crippen LogP contribution in [0.4, 0.5) is 0 Å². The quantitative estimate of drug-likeness (QED) is 0.618. The van der Waals surface area contributed by atoms with Gasteiger partial charge in [0.05, 0.1) is 5.02 Å². The van der Waals surface area contributed by atoms with Crippen molar-refractivity contribution < 1.29 is 4.74 Å². The van der Waals surface area contributed by atoms with Crippen molar-refractivity contribution in [2.24, 2.45) is 0 Å². The summed E-state index contributed by atoms with van der Waals surface area (Å²) in [4.78, 5) is 4.02. The molecular formula is C15H14Cl3NO. The summed E-state index contributed by atoms with van der Waals surface area (Å²) in [5, 5.41) is 0.781. The van der Waals surface area contributed by atoms with Crippen LogP contribution in [0.25, 0.3) is 0 Å². The first-order valence-corrected chi connectivity index (χ1v) is 7.21. The fourth-order valence-corrected chi connectivity index (χ4v) is 2.16. The summed E-state index contributed by atoms with van der Waals surface area (Å²) in [6.45, 7) is 6.46. The lowest BCUT2D eigenvalue weighted by molar-refractivity contribution is 0.462. The van der Waals surface area contributed by atoms with Gasteiger partial charge < -0.3 is 4.74 Å². The van der Waals surface area contributed by atoms with E-state index in [1.807, 2.05) is 24.3 Å². The number of halogens is 3. The number of aromatic nitrogens is 1. The van der Waals surface area contributed by atoms with E-state index in [1.54, 1.807) is 0 Å². The standard InChI is InChI=1S/C15H14Cl3NO/c1-15(2,3)9-4-6-10(7-5-9)20-14-12(17)8-11(16)13(18)19-14/h4-8H,1-3H3. The van der Waals surface area contributed by atoms with Crippen LogP contribution in [0.1, 0.15) is 26.3 Å². The zero-order valence-electron chi connectivity index (χ0n) is 11.4. The Kier molecular flexibility index (Phi) is 4.48. The molecule has 0 fully saturated rings. The Hall–Kier alpha value is -0.960. The summed E-state index contributed by atoms with van der Waals surface area (Å²) in [6, 6.07) is 9.29. The van der Waals surface area contributed by atoms with Gasteiger partial charge in [-0.2, -0.15) is 4.98 Å². The fraction of sp³-hybridized carbons (Fsp3) is 0.267. The Balaban J connectivity index is 2.25. The first-order valence-electron chi connectivity index (χ1n) is 6.07. The molecular weight excluding hydrogens is 317 g/mol. The Bertz CT molecular complexity index is 618. The number of rotatable bonds is 2. The molecule has 2 rings (SSSR count). The highest BCUT2D eigenvalue weighted by Crippen LogP contribution is 2.33. The minimum absolute atomic E-state index is 0.0952. The van der Waals surface area contributed by atoms with Crippen molar-refractivity contribution in [3.05, 3.63) is 51.1 Å². The second-order valence-electron chi connectivity index (χ2n) is 5.42. The maximum atomic E-state index is 6.02. The summed E-state index contributed by atoms with van der Waals surface area (Å²) in [7, 11) is 0. The molecule has 20 heavy (non-hydrogen) atoms. The largest absolute Gasteiger partial charge is 0.437 e. The monoisotopic (exact) mass is 329 g/mol. The third-order valence-electron chi connectivity index (χ3n) is 2.79. The first-order chi connectivity index (χ1) is 9.27. The van der Waals surface area contributed by atoms with E-state index >= 15 is 0 Å². The van der Waals surface area contributed by atoms with Crippen LogP contribution in [0.2, 0.25) is 15.2 Å². The van der Waals surface area contributed by atoms with E-state index in [1.165, 1.54) is 11.6 Å². The molecule has 0 saturated heterocycles. The predicted molar refractivity (Wildman–Crippen MR) is 84.5 cm³/mol. The number of nitrogens with zero attached hydrogens (tertiary/aromatic N) is 1. The van der Waals surface area contributed by atoms with Gasteiger partial charge in [0.25, 0.3) is 0 Å². The summed E-state index contributed by atoms with van der Waals surface area (Å²) in [6.07, 6.45) is 0. The minimum atomic E-state index is 0.0952. The van der Waals surface area contributed by atoms with E-state index in [2.05, 4.69) is 25.8 Å². The van der Waals surface area contributed by atoms with E-state index in [0.717, 1.165) is 0 Å². The molecule has 0 atom stereocenters. The van der Waals surface area contributed by atoms with Crippen molar-refractivity contribution in [3.63, 3.8) is 0 Å². The van der Waals surface area contributed by atoms with Gasteiger partial charge in [0, 0.05) is 0 Å². The van der Waals surface area contributed by atoms with Gasteiger partial charge in [-0.1, -0.05) is 67.7 Å². The molecule has 106 valence electrons. The minimum Gasteiger partial charge on any atom is -0.437 e. The van der Waals surface area contributed by atoms with Crippen molar-refractivity contribution >= 4 is 34.8 Å². The van der Waals surface area contributed by atoms with Crippen molar-refractivity contribution in [1.29, 1.82) is 0 Å². The highest BCUT2D eigenvalue weighted by Gasteiger charge is 2.14. The molecule has 0 aliphatic heterocycles. The summed E-state index contributed by atoms with van der Waals surface area (Å²) < 4.78 is 5.63. The second-order valence-corrected chi connectivity index (χ2v) is 6.60. The molecule has 1 aromatic carbocycles. The van der Waals surface area contributed by atoms with Crippen molar-refractivity contribution in [1.82, 2.24) is 4.98 Å². The molecule has 2 aromatic rings. The molecule has 1 heterocycles. The van der Waals surface area contributed by atoms with Gasteiger partial charge in [0.2, 0.25) is 5.88 Å². The number of ether oxygens (including phenoxy) is 1. The molecule has 0 N–H and O–H groups in total. The van der Waals surface area contributed by atoms with Crippen LogP contribution in [-0.4, -0.2) is 4.98 Å². The summed E-state index contributed by atoms with van der Waals surface area (Å²) in [5.41, 5.74) is 1.32. The number of hydrogen-bond acceptors (Lipinski definition) is 2. The van der Waals surface area contributed by atoms with Gasteiger partial charge in [0.1, 0.15) is 10.8 Å². The molecule has 0 saturated carbocycles. The predicted octanol–water partition coefficient (Wildman–Crippen LogP) is 6.13. The lowest BCUT2D eigenvalue weighted by Gasteiger charge is -2.19.